The smallest absolute Gasteiger partial charge is 0.00979 e. The van der Waals surface area contributed by atoms with Gasteiger partial charge in [0.2, 0.25) is 0 Å². The Balaban J connectivity index is 1.99. The third-order valence-corrected chi connectivity index (χ3v) is 4.17. The molecule has 0 fully saturated rings. The molecule has 2 aromatic carbocycles. The predicted molar refractivity (Wildman–Crippen MR) is 77.0 cm³/mol. The Hall–Kier alpha value is -1.56. The summed E-state index contributed by atoms with van der Waals surface area (Å²) in [5.41, 5.74) is 4.62. The first-order valence-electron chi connectivity index (χ1n) is 7.04. The van der Waals surface area contributed by atoms with Gasteiger partial charge in [0, 0.05) is 5.92 Å². The maximum atomic E-state index is 2.33. The number of hydrogen-bond acceptors (Lipinski definition) is 0. The van der Waals surface area contributed by atoms with Crippen molar-refractivity contribution in [2.24, 2.45) is 0 Å². The highest BCUT2D eigenvalue weighted by Crippen LogP contribution is 2.46. The minimum atomic E-state index is 0.610. The van der Waals surface area contributed by atoms with Crippen molar-refractivity contribution in [3.8, 4) is 0 Å². The first-order chi connectivity index (χ1) is 8.90. The van der Waals surface area contributed by atoms with Crippen molar-refractivity contribution in [2.45, 2.75) is 38.0 Å². The van der Waals surface area contributed by atoms with E-state index in [0.29, 0.717) is 5.92 Å². The van der Waals surface area contributed by atoms with Crippen molar-refractivity contribution < 1.29 is 0 Å². The molecule has 0 N–H and O–H groups in total. The second-order valence-electron chi connectivity index (χ2n) is 5.31. The van der Waals surface area contributed by atoms with Crippen LogP contribution in [0, 0.1) is 0 Å². The Morgan fingerprint density at radius 3 is 2.28 bits per heavy atom. The molecule has 1 aliphatic rings. The van der Waals surface area contributed by atoms with E-state index in [1.807, 2.05) is 0 Å². The van der Waals surface area contributed by atoms with E-state index < -0.39 is 0 Å². The van der Waals surface area contributed by atoms with Crippen molar-refractivity contribution in [1.29, 1.82) is 0 Å². The second kappa shape index (κ2) is 4.97. The first-order valence-corrected chi connectivity index (χ1v) is 7.04. The van der Waals surface area contributed by atoms with Crippen LogP contribution in [0.25, 0.3) is 0 Å². The predicted octanol–water partition coefficient (Wildman–Crippen LogP) is 5.11. The molecule has 0 bridgehead atoms. The summed E-state index contributed by atoms with van der Waals surface area (Å²) in [6.45, 7) is 2.29. The monoisotopic (exact) mass is 236 g/mol. The summed E-state index contributed by atoms with van der Waals surface area (Å²) in [6, 6.07) is 20.0. The van der Waals surface area contributed by atoms with Crippen LogP contribution in [-0.2, 0) is 0 Å². The fourth-order valence-corrected chi connectivity index (χ4v) is 3.36. The number of fused-ring (bicyclic) bond motifs is 1. The van der Waals surface area contributed by atoms with E-state index in [9.17, 15) is 0 Å². The molecule has 0 aliphatic heterocycles. The fraction of sp³-hybridized carbons (Fsp3) is 0.333. The van der Waals surface area contributed by atoms with Crippen LogP contribution in [0.1, 0.15) is 54.7 Å². The average Bonchev–Trinajstić information content (AvgIpc) is 2.80. The Labute approximate surface area is 110 Å². The van der Waals surface area contributed by atoms with E-state index >= 15 is 0 Å². The van der Waals surface area contributed by atoms with Crippen molar-refractivity contribution in [2.75, 3.05) is 0 Å². The van der Waals surface area contributed by atoms with Crippen LogP contribution in [-0.4, -0.2) is 0 Å². The number of hydrogen-bond donors (Lipinski definition) is 0. The average molecular weight is 236 g/mol. The van der Waals surface area contributed by atoms with Crippen LogP contribution in [0.5, 0.6) is 0 Å². The highest BCUT2D eigenvalue weighted by atomic mass is 14.3. The minimum Gasteiger partial charge on any atom is -0.0654 e. The van der Waals surface area contributed by atoms with Crippen LogP contribution in [0.3, 0.4) is 0 Å². The lowest BCUT2D eigenvalue weighted by Crippen LogP contribution is -1.96. The number of rotatable bonds is 3. The van der Waals surface area contributed by atoms with E-state index in [1.54, 1.807) is 11.1 Å². The quantitative estimate of drug-likeness (QED) is 0.695. The Morgan fingerprint density at radius 2 is 1.56 bits per heavy atom. The van der Waals surface area contributed by atoms with Gasteiger partial charge in [-0.05, 0) is 35.4 Å². The molecule has 0 nitrogen and oxygen atoms in total. The molecule has 3 rings (SSSR count). The van der Waals surface area contributed by atoms with E-state index in [4.69, 9.17) is 0 Å². The van der Waals surface area contributed by atoms with Gasteiger partial charge in [-0.15, -0.1) is 0 Å². The van der Waals surface area contributed by atoms with Crippen molar-refractivity contribution in [3.63, 3.8) is 0 Å². The third-order valence-electron chi connectivity index (χ3n) is 4.17. The first kappa shape index (κ1) is 11.5. The highest BCUT2D eigenvalue weighted by Gasteiger charge is 2.30. The lowest BCUT2D eigenvalue weighted by Gasteiger charge is -2.12. The third kappa shape index (κ3) is 1.96. The normalized spacial score (nSPS) is 21.8. The molecule has 92 valence electrons. The maximum Gasteiger partial charge on any atom is 0.00979 e. The van der Waals surface area contributed by atoms with Crippen LogP contribution >= 0.6 is 0 Å². The van der Waals surface area contributed by atoms with Gasteiger partial charge in [-0.3, -0.25) is 0 Å². The molecular formula is C18H20. The Morgan fingerprint density at radius 1 is 0.889 bits per heavy atom. The van der Waals surface area contributed by atoms with Gasteiger partial charge in [0.25, 0.3) is 0 Å². The summed E-state index contributed by atoms with van der Waals surface area (Å²) < 4.78 is 0. The number of benzene rings is 2. The summed E-state index contributed by atoms with van der Waals surface area (Å²) in [5.74, 6) is 1.37. The minimum absolute atomic E-state index is 0.610. The summed E-state index contributed by atoms with van der Waals surface area (Å²) in [5, 5.41) is 0. The van der Waals surface area contributed by atoms with Gasteiger partial charge in [0.1, 0.15) is 0 Å². The Bertz CT molecular complexity index is 513. The molecule has 0 amide bonds. The van der Waals surface area contributed by atoms with Gasteiger partial charge in [0.05, 0.1) is 0 Å². The standard InChI is InChI=1S/C18H20/c1-2-8-15-13-18(14-9-4-3-5-10-14)17-12-7-6-11-16(15)17/h3-7,9-12,15,18H,2,8,13H2,1H3. The fourth-order valence-electron chi connectivity index (χ4n) is 3.36. The zero-order chi connectivity index (χ0) is 12.4. The van der Waals surface area contributed by atoms with E-state index in [2.05, 4.69) is 61.5 Å². The molecule has 0 saturated carbocycles. The molecule has 0 aromatic heterocycles. The van der Waals surface area contributed by atoms with Gasteiger partial charge >= 0.3 is 0 Å². The van der Waals surface area contributed by atoms with Gasteiger partial charge in [0.15, 0.2) is 0 Å². The van der Waals surface area contributed by atoms with E-state index in [1.165, 1.54) is 24.8 Å². The molecule has 0 heterocycles. The molecule has 0 spiro atoms. The van der Waals surface area contributed by atoms with Gasteiger partial charge < -0.3 is 0 Å². The Kier molecular flexibility index (Phi) is 3.19. The molecule has 0 radical (unpaired) electrons. The SMILES string of the molecule is CCCC1CC(c2ccccc2)c2ccccc21. The molecule has 2 aromatic rings. The molecule has 0 heteroatoms. The molecule has 2 atom stereocenters. The van der Waals surface area contributed by atoms with Crippen molar-refractivity contribution >= 4 is 0 Å². The molecule has 1 aliphatic carbocycles. The van der Waals surface area contributed by atoms with Gasteiger partial charge in [-0.25, -0.2) is 0 Å². The van der Waals surface area contributed by atoms with Crippen LogP contribution in [0.4, 0.5) is 0 Å². The molecule has 18 heavy (non-hydrogen) atoms. The highest BCUT2D eigenvalue weighted by molar-refractivity contribution is 5.44. The lowest BCUT2D eigenvalue weighted by atomic mass is 9.92. The molecular weight excluding hydrogens is 216 g/mol. The van der Waals surface area contributed by atoms with Crippen molar-refractivity contribution in [1.82, 2.24) is 0 Å². The summed E-state index contributed by atoms with van der Waals surface area (Å²) >= 11 is 0. The lowest BCUT2D eigenvalue weighted by molar-refractivity contribution is 0.582. The maximum absolute atomic E-state index is 2.33. The van der Waals surface area contributed by atoms with Crippen LogP contribution < -0.4 is 0 Å². The van der Waals surface area contributed by atoms with E-state index in [-0.39, 0.29) is 0 Å². The summed E-state index contributed by atoms with van der Waals surface area (Å²) in [7, 11) is 0. The largest absolute Gasteiger partial charge is 0.0654 e. The zero-order valence-electron chi connectivity index (χ0n) is 11.0. The van der Waals surface area contributed by atoms with Gasteiger partial charge in [-0.1, -0.05) is 67.9 Å². The van der Waals surface area contributed by atoms with Crippen molar-refractivity contribution in [3.05, 3.63) is 71.3 Å². The topological polar surface area (TPSA) is 0 Å². The van der Waals surface area contributed by atoms with Gasteiger partial charge in [-0.2, -0.15) is 0 Å². The van der Waals surface area contributed by atoms with Crippen LogP contribution in [0.2, 0.25) is 0 Å². The molecule has 0 saturated heterocycles. The summed E-state index contributed by atoms with van der Waals surface area (Å²) in [6.07, 6.45) is 3.89. The second-order valence-corrected chi connectivity index (χ2v) is 5.31. The van der Waals surface area contributed by atoms with E-state index in [0.717, 1.165) is 5.92 Å². The molecule has 2 unspecified atom stereocenters. The summed E-state index contributed by atoms with van der Waals surface area (Å²) in [4.78, 5) is 0. The zero-order valence-corrected chi connectivity index (χ0v) is 11.0. The van der Waals surface area contributed by atoms with Crippen LogP contribution in [0.15, 0.2) is 54.6 Å².